The fourth-order valence-corrected chi connectivity index (χ4v) is 2.19. The summed E-state index contributed by atoms with van der Waals surface area (Å²) in [6.45, 7) is 2.82. The monoisotopic (exact) mass is 254 g/mol. The Bertz CT molecular complexity index is 209. The van der Waals surface area contributed by atoms with Crippen molar-refractivity contribution in [3.63, 3.8) is 0 Å². The van der Waals surface area contributed by atoms with Crippen LogP contribution in [-0.2, 0) is 4.74 Å². The van der Waals surface area contributed by atoms with Gasteiger partial charge in [-0.25, -0.2) is 0 Å². The number of methoxy groups -OCH3 is 1. The Morgan fingerprint density at radius 1 is 1.41 bits per heavy atom. The molecule has 0 aromatic rings. The highest BCUT2D eigenvalue weighted by Gasteiger charge is 2.26. The van der Waals surface area contributed by atoms with E-state index in [-0.39, 0.29) is 0 Å². The van der Waals surface area contributed by atoms with Crippen LogP contribution in [0.5, 0.6) is 0 Å². The number of nitrogens with one attached hydrogen (secondary N) is 1. The Labute approximate surface area is 100 Å². The van der Waals surface area contributed by atoms with Gasteiger partial charge in [0.05, 0.1) is 13.2 Å². The molecule has 1 aliphatic heterocycles. The van der Waals surface area contributed by atoms with Crippen molar-refractivity contribution in [3.8, 4) is 0 Å². The first-order chi connectivity index (χ1) is 8.01. The number of alkyl halides is 3. The molecular formula is C11H21F3N2O. The van der Waals surface area contributed by atoms with Crippen LogP contribution in [0.3, 0.4) is 0 Å². The number of likely N-dealkylation sites (tertiary alicyclic amines) is 1. The average Bonchev–Trinajstić information content (AvgIpc) is 2.24. The topological polar surface area (TPSA) is 24.5 Å². The molecule has 17 heavy (non-hydrogen) atoms. The van der Waals surface area contributed by atoms with Crippen molar-refractivity contribution in [2.45, 2.75) is 19.0 Å². The highest BCUT2D eigenvalue weighted by molar-refractivity contribution is 4.73. The van der Waals surface area contributed by atoms with Gasteiger partial charge in [-0.15, -0.1) is 0 Å². The second-order valence-electron chi connectivity index (χ2n) is 4.56. The molecule has 0 aliphatic carbocycles. The number of rotatable bonds is 6. The standard InChI is InChI=1S/C11H21F3N2O/c1-17-8-10-3-2-5-16(7-10)6-4-15-9-11(12,13)14/h10,15H,2-9H2,1H3. The van der Waals surface area contributed by atoms with Crippen LogP contribution in [0.2, 0.25) is 0 Å². The van der Waals surface area contributed by atoms with E-state index in [9.17, 15) is 13.2 Å². The molecule has 1 rings (SSSR count). The molecule has 0 saturated carbocycles. The number of halogens is 3. The Hall–Kier alpha value is -0.330. The summed E-state index contributed by atoms with van der Waals surface area (Å²) in [6.07, 6.45) is -1.85. The van der Waals surface area contributed by atoms with E-state index in [1.807, 2.05) is 0 Å². The predicted octanol–water partition coefficient (Wildman–Crippen LogP) is 1.50. The van der Waals surface area contributed by atoms with Gasteiger partial charge < -0.3 is 15.0 Å². The molecule has 0 radical (unpaired) electrons. The first-order valence-corrected chi connectivity index (χ1v) is 6.00. The minimum absolute atomic E-state index is 0.388. The van der Waals surface area contributed by atoms with Crippen LogP contribution in [-0.4, -0.2) is 57.5 Å². The van der Waals surface area contributed by atoms with Gasteiger partial charge in [-0.1, -0.05) is 0 Å². The van der Waals surface area contributed by atoms with E-state index in [1.165, 1.54) is 0 Å². The SMILES string of the molecule is COCC1CCCN(CCNCC(F)(F)F)C1. The molecule has 1 saturated heterocycles. The molecule has 1 N–H and O–H groups in total. The minimum Gasteiger partial charge on any atom is -0.384 e. The predicted molar refractivity (Wildman–Crippen MR) is 60.0 cm³/mol. The molecule has 1 heterocycles. The van der Waals surface area contributed by atoms with Crippen LogP contribution >= 0.6 is 0 Å². The van der Waals surface area contributed by atoms with E-state index in [4.69, 9.17) is 4.74 Å². The summed E-state index contributed by atoms with van der Waals surface area (Å²) >= 11 is 0. The maximum Gasteiger partial charge on any atom is 0.401 e. The zero-order valence-corrected chi connectivity index (χ0v) is 10.2. The van der Waals surface area contributed by atoms with Crippen LogP contribution < -0.4 is 5.32 Å². The summed E-state index contributed by atoms with van der Waals surface area (Å²) in [6, 6.07) is 0. The van der Waals surface area contributed by atoms with Crippen LogP contribution in [0.4, 0.5) is 13.2 Å². The molecule has 0 amide bonds. The van der Waals surface area contributed by atoms with E-state index in [1.54, 1.807) is 7.11 Å². The van der Waals surface area contributed by atoms with E-state index >= 15 is 0 Å². The second-order valence-corrected chi connectivity index (χ2v) is 4.56. The lowest BCUT2D eigenvalue weighted by molar-refractivity contribution is -0.124. The fourth-order valence-electron chi connectivity index (χ4n) is 2.19. The third-order valence-corrected chi connectivity index (χ3v) is 2.94. The number of hydrogen-bond acceptors (Lipinski definition) is 3. The summed E-state index contributed by atoms with van der Waals surface area (Å²) in [5.41, 5.74) is 0. The quantitative estimate of drug-likeness (QED) is 0.727. The summed E-state index contributed by atoms with van der Waals surface area (Å²) < 4.78 is 40.8. The van der Waals surface area contributed by atoms with Crippen molar-refractivity contribution in [1.82, 2.24) is 10.2 Å². The lowest BCUT2D eigenvalue weighted by atomic mass is 9.99. The largest absolute Gasteiger partial charge is 0.401 e. The number of ether oxygens (including phenoxy) is 1. The number of nitrogens with zero attached hydrogens (tertiary/aromatic N) is 1. The second kappa shape index (κ2) is 7.18. The number of hydrogen-bond donors (Lipinski definition) is 1. The molecule has 1 unspecified atom stereocenters. The third-order valence-electron chi connectivity index (χ3n) is 2.94. The highest BCUT2D eigenvalue weighted by atomic mass is 19.4. The fraction of sp³-hybridized carbons (Fsp3) is 1.00. The third kappa shape index (κ3) is 6.85. The van der Waals surface area contributed by atoms with Gasteiger partial charge in [-0.05, 0) is 25.3 Å². The maximum atomic E-state index is 11.9. The van der Waals surface area contributed by atoms with Crippen molar-refractivity contribution in [2.75, 3.05) is 46.4 Å². The molecule has 1 atom stereocenters. The van der Waals surface area contributed by atoms with Crippen molar-refractivity contribution in [3.05, 3.63) is 0 Å². The molecule has 3 nitrogen and oxygen atoms in total. The van der Waals surface area contributed by atoms with Crippen LogP contribution in [0.25, 0.3) is 0 Å². The lowest BCUT2D eigenvalue weighted by Gasteiger charge is -2.32. The molecule has 0 spiro atoms. The molecule has 6 heteroatoms. The van der Waals surface area contributed by atoms with Gasteiger partial charge in [0.25, 0.3) is 0 Å². The van der Waals surface area contributed by atoms with Crippen LogP contribution in [0.1, 0.15) is 12.8 Å². The van der Waals surface area contributed by atoms with Gasteiger partial charge >= 0.3 is 6.18 Å². The molecule has 0 aromatic heterocycles. The first-order valence-electron chi connectivity index (χ1n) is 6.00. The van der Waals surface area contributed by atoms with Crippen molar-refractivity contribution in [1.29, 1.82) is 0 Å². The van der Waals surface area contributed by atoms with Gasteiger partial charge in [-0.3, -0.25) is 0 Å². The summed E-state index contributed by atoms with van der Waals surface area (Å²) in [5.74, 6) is 0.524. The van der Waals surface area contributed by atoms with Crippen molar-refractivity contribution < 1.29 is 17.9 Å². The van der Waals surface area contributed by atoms with Gasteiger partial charge in [0.1, 0.15) is 0 Å². The molecule has 0 aromatic carbocycles. The average molecular weight is 254 g/mol. The Morgan fingerprint density at radius 2 is 2.18 bits per heavy atom. The smallest absolute Gasteiger partial charge is 0.384 e. The molecule has 1 fully saturated rings. The Morgan fingerprint density at radius 3 is 2.82 bits per heavy atom. The molecule has 102 valence electrons. The van der Waals surface area contributed by atoms with Crippen LogP contribution in [0, 0.1) is 5.92 Å². The van der Waals surface area contributed by atoms with Gasteiger partial charge in [0, 0.05) is 26.7 Å². The normalized spacial score (nSPS) is 22.9. The lowest BCUT2D eigenvalue weighted by Crippen LogP contribution is -2.42. The number of piperidine rings is 1. The van der Waals surface area contributed by atoms with Crippen LogP contribution in [0.15, 0.2) is 0 Å². The van der Waals surface area contributed by atoms with Crippen molar-refractivity contribution in [2.24, 2.45) is 5.92 Å². The Balaban J connectivity index is 2.10. The summed E-state index contributed by atoms with van der Waals surface area (Å²) in [7, 11) is 1.68. The van der Waals surface area contributed by atoms with Gasteiger partial charge in [0.15, 0.2) is 0 Å². The summed E-state index contributed by atoms with van der Waals surface area (Å²) in [4.78, 5) is 2.20. The van der Waals surface area contributed by atoms with Gasteiger partial charge in [0.2, 0.25) is 0 Å². The zero-order chi connectivity index (χ0) is 12.7. The molecule has 1 aliphatic rings. The van der Waals surface area contributed by atoms with E-state index in [2.05, 4.69) is 10.2 Å². The van der Waals surface area contributed by atoms with E-state index in [0.29, 0.717) is 19.0 Å². The first kappa shape index (κ1) is 14.7. The van der Waals surface area contributed by atoms with E-state index in [0.717, 1.165) is 32.5 Å². The zero-order valence-electron chi connectivity index (χ0n) is 10.2. The highest BCUT2D eigenvalue weighted by Crippen LogP contribution is 2.16. The van der Waals surface area contributed by atoms with Gasteiger partial charge in [-0.2, -0.15) is 13.2 Å². The molecule has 0 bridgehead atoms. The van der Waals surface area contributed by atoms with Crippen molar-refractivity contribution >= 4 is 0 Å². The minimum atomic E-state index is -4.11. The Kier molecular flexibility index (Phi) is 6.22. The molecular weight excluding hydrogens is 233 g/mol. The maximum absolute atomic E-state index is 11.9. The van der Waals surface area contributed by atoms with E-state index < -0.39 is 12.7 Å². The summed E-state index contributed by atoms with van der Waals surface area (Å²) in [5, 5.41) is 2.42.